The molecule has 3 nitrogen and oxygen atoms in total. The third kappa shape index (κ3) is 2.42. The molecule has 104 valence electrons. The highest BCUT2D eigenvalue weighted by atomic mass is 32.2. The number of hydrogen-bond donors (Lipinski definition) is 1. The first-order valence-corrected chi connectivity index (χ1v) is 7.75. The van der Waals surface area contributed by atoms with E-state index >= 15 is 0 Å². The van der Waals surface area contributed by atoms with E-state index in [1.54, 1.807) is 0 Å². The Labute approximate surface area is 111 Å². The van der Waals surface area contributed by atoms with Crippen LogP contribution >= 0.6 is 11.3 Å². The van der Waals surface area contributed by atoms with Gasteiger partial charge in [-0.1, -0.05) is 13.0 Å². The monoisotopic (exact) mass is 309 g/mol. The zero-order valence-electron chi connectivity index (χ0n) is 9.78. The molecule has 2 rings (SSSR count). The van der Waals surface area contributed by atoms with Crippen LogP contribution in [-0.4, -0.2) is 14.2 Å². The van der Waals surface area contributed by atoms with Crippen LogP contribution in [0.3, 0.4) is 0 Å². The Kier molecular flexibility index (Phi) is 3.26. The molecule has 0 amide bonds. The van der Waals surface area contributed by atoms with Crippen molar-refractivity contribution in [2.75, 3.05) is 11.5 Å². The molecule has 0 saturated carbocycles. The molecule has 0 aliphatic heterocycles. The SMILES string of the molecule is CCS(=O)(=O)c1c(N)sc2cc(C(F)(F)F)ccc12. The number of sulfone groups is 1. The van der Waals surface area contributed by atoms with Crippen molar-refractivity contribution in [3.63, 3.8) is 0 Å². The minimum absolute atomic E-state index is 0.0242. The quantitative estimate of drug-likeness (QED) is 0.926. The third-order valence-corrected chi connectivity index (χ3v) is 5.62. The summed E-state index contributed by atoms with van der Waals surface area (Å²) in [6.45, 7) is 1.46. The van der Waals surface area contributed by atoms with Crippen LogP contribution in [0.25, 0.3) is 10.1 Å². The second-order valence-electron chi connectivity index (χ2n) is 3.91. The van der Waals surface area contributed by atoms with Gasteiger partial charge in [0.25, 0.3) is 0 Å². The van der Waals surface area contributed by atoms with Crippen molar-refractivity contribution in [1.29, 1.82) is 0 Å². The summed E-state index contributed by atoms with van der Waals surface area (Å²) in [5, 5.41) is 0.272. The lowest BCUT2D eigenvalue weighted by Gasteiger charge is -2.06. The maximum atomic E-state index is 12.6. The molecule has 0 atom stereocenters. The summed E-state index contributed by atoms with van der Waals surface area (Å²) in [5.74, 6) is -0.149. The van der Waals surface area contributed by atoms with Crippen molar-refractivity contribution >= 4 is 36.3 Å². The summed E-state index contributed by atoms with van der Waals surface area (Å²) in [7, 11) is -3.56. The number of hydrogen-bond acceptors (Lipinski definition) is 4. The van der Waals surface area contributed by atoms with E-state index in [1.807, 2.05) is 0 Å². The second-order valence-corrected chi connectivity index (χ2v) is 7.21. The Balaban J connectivity index is 2.75. The molecule has 1 aromatic carbocycles. The summed E-state index contributed by atoms with van der Waals surface area (Å²) in [6.07, 6.45) is -4.46. The molecule has 0 aliphatic rings. The Hall–Kier alpha value is -1.28. The van der Waals surface area contributed by atoms with Gasteiger partial charge in [-0.25, -0.2) is 8.42 Å². The van der Waals surface area contributed by atoms with E-state index in [0.29, 0.717) is 0 Å². The van der Waals surface area contributed by atoms with E-state index in [-0.39, 0.29) is 25.7 Å². The van der Waals surface area contributed by atoms with Gasteiger partial charge in [-0.3, -0.25) is 0 Å². The number of rotatable bonds is 2. The van der Waals surface area contributed by atoms with Gasteiger partial charge in [0.05, 0.1) is 11.3 Å². The number of halogens is 3. The van der Waals surface area contributed by atoms with Crippen LogP contribution in [0.2, 0.25) is 0 Å². The van der Waals surface area contributed by atoms with Crippen LogP contribution < -0.4 is 5.73 Å². The Bertz CT molecular complexity index is 732. The molecule has 0 saturated heterocycles. The van der Waals surface area contributed by atoms with E-state index in [2.05, 4.69) is 0 Å². The first-order valence-electron chi connectivity index (χ1n) is 5.29. The first kappa shape index (κ1) is 14.1. The number of alkyl halides is 3. The molecule has 0 radical (unpaired) electrons. The number of benzene rings is 1. The molecule has 0 unspecified atom stereocenters. The first-order chi connectivity index (χ1) is 8.66. The highest BCUT2D eigenvalue weighted by Gasteiger charge is 2.31. The summed E-state index contributed by atoms with van der Waals surface area (Å²) >= 11 is 0.850. The van der Waals surface area contributed by atoms with Gasteiger partial charge < -0.3 is 5.73 Å². The molecule has 0 spiro atoms. The van der Waals surface area contributed by atoms with Crippen LogP contribution in [0.5, 0.6) is 0 Å². The van der Waals surface area contributed by atoms with Gasteiger partial charge in [-0.05, 0) is 12.1 Å². The van der Waals surface area contributed by atoms with E-state index in [4.69, 9.17) is 5.73 Å². The Morgan fingerprint density at radius 2 is 1.95 bits per heavy atom. The number of anilines is 1. The molecule has 8 heteroatoms. The fourth-order valence-corrected chi connectivity index (χ4v) is 4.32. The third-order valence-electron chi connectivity index (χ3n) is 2.69. The molecule has 1 heterocycles. The number of nitrogens with two attached hydrogens (primary N) is 1. The van der Waals surface area contributed by atoms with E-state index in [9.17, 15) is 21.6 Å². The molecule has 1 aromatic heterocycles. The van der Waals surface area contributed by atoms with Crippen LogP contribution in [-0.2, 0) is 16.0 Å². The zero-order chi connectivity index (χ0) is 14.4. The van der Waals surface area contributed by atoms with Crippen molar-refractivity contribution in [3.05, 3.63) is 23.8 Å². The van der Waals surface area contributed by atoms with Crippen LogP contribution in [0.1, 0.15) is 12.5 Å². The highest BCUT2D eigenvalue weighted by Crippen LogP contribution is 2.40. The lowest BCUT2D eigenvalue weighted by atomic mass is 10.2. The lowest BCUT2D eigenvalue weighted by Crippen LogP contribution is -2.06. The fourth-order valence-electron chi connectivity index (χ4n) is 1.73. The average molecular weight is 309 g/mol. The largest absolute Gasteiger partial charge is 0.416 e. The van der Waals surface area contributed by atoms with Gasteiger partial charge in [-0.15, -0.1) is 11.3 Å². The van der Waals surface area contributed by atoms with Gasteiger partial charge in [0, 0.05) is 10.1 Å². The summed E-state index contributed by atoms with van der Waals surface area (Å²) in [6, 6.07) is 2.95. The second kappa shape index (κ2) is 4.38. The average Bonchev–Trinajstić information content (AvgIpc) is 2.63. The van der Waals surface area contributed by atoms with E-state index < -0.39 is 21.6 Å². The minimum Gasteiger partial charge on any atom is -0.389 e. The maximum Gasteiger partial charge on any atom is 0.416 e. The van der Waals surface area contributed by atoms with Crippen molar-refractivity contribution in [2.45, 2.75) is 18.0 Å². The predicted molar refractivity (Wildman–Crippen MR) is 69.0 cm³/mol. The fraction of sp³-hybridized carbons (Fsp3) is 0.273. The molecule has 19 heavy (non-hydrogen) atoms. The molecule has 0 aliphatic carbocycles. The predicted octanol–water partition coefficient (Wildman–Crippen LogP) is 3.30. The summed E-state index contributed by atoms with van der Waals surface area (Å²) in [5.41, 5.74) is 4.81. The van der Waals surface area contributed by atoms with Gasteiger partial charge in [0.2, 0.25) is 0 Å². The van der Waals surface area contributed by atoms with Crippen LogP contribution in [0, 0.1) is 0 Å². The normalized spacial score (nSPS) is 13.1. The van der Waals surface area contributed by atoms with Crippen molar-refractivity contribution in [2.24, 2.45) is 0 Å². The topological polar surface area (TPSA) is 60.2 Å². The van der Waals surface area contributed by atoms with Crippen molar-refractivity contribution in [1.82, 2.24) is 0 Å². The van der Waals surface area contributed by atoms with E-state index in [1.165, 1.54) is 6.92 Å². The number of fused-ring (bicyclic) bond motifs is 1. The Morgan fingerprint density at radius 3 is 2.47 bits per heavy atom. The van der Waals surface area contributed by atoms with Gasteiger partial charge in [0.15, 0.2) is 9.84 Å². The molecule has 0 fully saturated rings. The lowest BCUT2D eigenvalue weighted by molar-refractivity contribution is -0.137. The van der Waals surface area contributed by atoms with Gasteiger partial charge in [-0.2, -0.15) is 13.2 Å². The standard InChI is InChI=1S/C11H10F3NO2S2/c1-2-19(16,17)9-7-4-3-6(11(12,13)14)5-8(7)18-10(9)15/h3-5H,2,15H2,1H3. The van der Waals surface area contributed by atoms with Crippen LogP contribution in [0.15, 0.2) is 23.1 Å². The molecule has 2 aromatic rings. The minimum atomic E-state index is -4.46. The van der Waals surface area contributed by atoms with Gasteiger partial charge in [0.1, 0.15) is 9.90 Å². The molecular weight excluding hydrogens is 299 g/mol. The van der Waals surface area contributed by atoms with Crippen molar-refractivity contribution in [3.8, 4) is 0 Å². The zero-order valence-corrected chi connectivity index (χ0v) is 11.4. The molecule has 2 N–H and O–H groups in total. The smallest absolute Gasteiger partial charge is 0.389 e. The highest BCUT2D eigenvalue weighted by molar-refractivity contribution is 7.92. The van der Waals surface area contributed by atoms with Crippen LogP contribution in [0.4, 0.5) is 18.2 Å². The maximum absolute atomic E-state index is 12.6. The molecule has 0 bridgehead atoms. The molecular formula is C11H10F3NO2S2. The summed E-state index contributed by atoms with van der Waals surface area (Å²) < 4.78 is 61.7. The number of thiophene rings is 1. The van der Waals surface area contributed by atoms with Crippen molar-refractivity contribution < 1.29 is 21.6 Å². The summed E-state index contributed by atoms with van der Waals surface area (Å²) in [4.78, 5) is -0.0660. The number of nitrogen functional groups attached to an aromatic ring is 1. The van der Waals surface area contributed by atoms with E-state index in [0.717, 1.165) is 29.5 Å². The Morgan fingerprint density at radius 1 is 1.32 bits per heavy atom. The van der Waals surface area contributed by atoms with Gasteiger partial charge >= 0.3 is 6.18 Å².